The van der Waals surface area contributed by atoms with Crippen LogP contribution in [0.15, 0.2) is 30.3 Å². The minimum atomic E-state index is -0.614. The summed E-state index contributed by atoms with van der Waals surface area (Å²) in [5.74, 6) is -0.0821. The lowest BCUT2D eigenvalue weighted by molar-refractivity contribution is -0.157. The maximum absolute atomic E-state index is 14.3. The summed E-state index contributed by atoms with van der Waals surface area (Å²) >= 11 is 5.94. The Hall–Kier alpha value is -2.48. The molecule has 0 bridgehead atoms. The maximum atomic E-state index is 14.3. The Balaban J connectivity index is 1.37. The van der Waals surface area contributed by atoms with Crippen LogP contribution in [0.1, 0.15) is 96.5 Å². The van der Waals surface area contributed by atoms with Gasteiger partial charge in [0.1, 0.15) is 24.7 Å². The number of carbonyl (C=O) groups is 3. The number of amides is 2. The Labute approximate surface area is 238 Å². The van der Waals surface area contributed by atoms with Crippen molar-refractivity contribution in [1.29, 1.82) is 0 Å². The molecule has 2 saturated heterocycles. The number of carbonyl (C=O) groups excluding carboxylic acids is 3. The third kappa shape index (κ3) is 5.59. The van der Waals surface area contributed by atoms with E-state index in [0.717, 1.165) is 63.4 Å². The predicted octanol–water partition coefficient (Wildman–Crippen LogP) is 5.21. The van der Waals surface area contributed by atoms with Gasteiger partial charge >= 0.3 is 5.97 Å². The number of thiocarbonyl (C=S) groups is 1. The summed E-state index contributed by atoms with van der Waals surface area (Å²) in [6.07, 6.45) is 11.6. The molecule has 8 heteroatoms. The highest BCUT2D eigenvalue weighted by Gasteiger charge is 2.53. The van der Waals surface area contributed by atoms with Gasteiger partial charge in [-0.3, -0.25) is 14.5 Å². The van der Waals surface area contributed by atoms with E-state index in [1.165, 1.54) is 6.42 Å². The molecule has 212 valence electrons. The van der Waals surface area contributed by atoms with Crippen LogP contribution in [0, 0.1) is 5.92 Å². The lowest BCUT2D eigenvalue weighted by Gasteiger charge is -2.38. The molecular weight excluding hydrogens is 510 g/mol. The highest BCUT2D eigenvalue weighted by molar-refractivity contribution is 7.80. The van der Waals surface area contributed by atoms with Crippen LogP contribution < -0.4 is 0 Å². The maximum Gasteiger partial charge on any atom is 0.329 e. The number of esters is 1. The lowest BCUT2D eigenvalue weighted by Crippen LogP contribution is -2.56. The van der Waals surface area contributed by atoms with Crippen molar-refractivity contribution in [3.63, 3.8) is 0 Å². The van der Waals surface area contributed by atoms with Gasteiger partial charge in [0.2, 0.25) is 5.91 Å². The Kier molecular flexibility index (Phi) is 8.89. The number of hydrogen-bond acceptors (Lipinski definition) is 5. The van der Waals surface area contributed by atoms with Gasteiger partial charge < -0.3 is 14.5 Å². The molecule has 5 rings (SSSR count). The highest BCUT2D eigenvalue weighted by Crippen LogP contribution is 2.41. The van der Waals surface area contributed by atoms with Crippen molar-refractivity contribution in [3.05, 3.63) is 35.9 Å². The van der Waals surface area contributed by atoms with E-state index < -0.39 is 18.1 Å². The van der Waals surface area contributed by atoms with Crippen LogP contribution in [0.5, 0.6) is 0 Å². The van der Waals surface area contributed by atoms with Gasteiger partial charge in [-0.25, -0.2) is 4.79 Å². The molecule has 1 aromatic carbocycles. The summed E-state index contributed by atoms with van der Waals surface area (Å²) in [5, 5.41) is 0.494. The van der Waals surface area contributed by atoms with Gasteiger partial charge in [0.05, 0.1) is 0 Å². The van der Waals surface area contributed by atoms with Crippen LogP contribution in [0.4, 0.5) is 0 Å². The van der Waals surface area contributed by atoms with E-state index in [2.05, 4.69) is 6.92 Å². The number of rotatable bonds is 8. The minimum Gasteiger partial charge on any atom is -0.459 e. The topological polar surface area (TPSA) is 70.2 Å². The summed E-state index contributed by atoms with van der Waals surface area (Å²) in [6, 6.07) is 8.19. The second-order valence-electron chi connectivity index (χ2n) is 11.9. The average molecular weight is 554 g/mol. The van der Waals surface area contributed by atoms with Gasteiger partial charge in [0.15, 0.2) is 5.11 Å². The average Bonchev–Trinajstić information content (AvgIpc) is 3.47. The molecule has 2 amide bonds. The Morgan fingerprint density at radius 2 is 1.72 bits per heavy atom. The van der Waals surface area contributed by atoms with Gasteiger partial charge in [-0.05, 0) is 69.1 Å². The molecule has 5 atom stereocenters. The van der Waals surface area contributed by atoms with Gasteiger partial charge in [-0.2, -0.15) is 0 Å². The van der Waals surface area contributed by atoms with Crippen molar-refractivity contribution in [2.75, 3.05) is 0 Å². The molecule has 4 fully saturated rings. The molecule has 0 spiro atoms. The fourth-order valence-corrected chi connectivity index (χ4v) is 7.95. The minimum absolute atomic E-state index is 0.0360. The zero-order chi connectivity index (χ0) is 27.5. The highest BCUT2D eigenvalue weighted by atomic mass is 32.1. The number of fused-ring (bicyclic) bond motifs is 1. The number of hydrogen-bond donors (Lipinski definition) is 0. The molecule has 1 aromatic rings. The van der Waals surface area contributed by atoms with Gasteiger partial charge in [-0.1, -0.05) is 75.8 Å². The molecule has 2 heterocycles. The molecule has 1 unspecified atom stereocenters. The van der Waals surface area contributed by atoms with Crippen LogP contribution in [0.25, 0.3) is 0 Å². The molecule has 2 saturated carbocycles. The summed E-state index contributed by atoms with van der Waals surface area (Å²) < 4.78 is 5.76. The van der Waals surface area contributed by atoms with Crippen LogP contribution in [0.2, 0.25) is 0 Å². The van der Waals surface area contributed by atoms with E-state index in [9.17, 15) is 14.4 Å². The van der Waals surface area contributed by atoms with Crippen molar-refractivity contribution in [3.8, 4) is 0 Å². The number of ether oxygens (including phenoxy) is 1. The predicted molar refractivity (Wildman–Crippen MR) is 154 cm³/mol. The van der Waals surface area contributed by atoms with Gasteiger partial charge in [0.25, 0.3) is 5.91 Å². The molecule has 4 aliphatic rings. The number of nitrogens with zero attached hydrogens (tertiary/aromatic N) is 3. The molecule has 39 heavy (non-hydrogen) atoms. The fourth-order valence-electron chi connectivity index (χ4n) is 7.43. The Bertz CT molecular complexity index is 1060. The lowest BCUT2D eigenvalue weighted by atomic mass is 9.84. The van der Waals surface area contributed by atoms with Gasteiger partial charge in [-0.15, -0.1) is 0 Å². The third-order valence-electron chi connectivity index (χ3n) is 9.40. The van der Waals surface area contributed by atoms with Crippen LogP contribution in [-0.2, 0) is 25.7 Å². The quantitative estimate of drug-likeness (QED) is 0.325. The second kappa shape index (κ2) is 12.4. The van der Waals surface area contributed by atoms with E-state index in [4.69, 9.17) is 17.0 Å². The normalized spacial score (nSPS) is 28.5. The number of benzene rings is 1. The third-order valence-corrected chi connectivity index (χ3v) is 9.81. The van der Waals surface area contributed by atoms with E-state index in [1.54, 1.807) is 0 Å². The van der Waals surface area contributed by atoms with Crippen molar-refractivity contribution < 1.29 is 19.1 Å². The van der Waals surface area contributed by atoms with E-state index in [0.29, 0.717) is 23.9 Å². The first-order valence-corrected chi connectivity index (χ1v) is 15.5. The van der Waals surface area contributed by atoms with Crippen molar-refractivity contribution in [2.45, 2.75) is 128 Å². The van der Waals surface area contributed by atoms with Crippen molar-refractivity contribution in [2.24, 2.45) is 5.92 Å². The summed E-state index contributed by atoms with van der Waals surface area (Å²) in [4.78, 5) is 47.0. The second-order valence-corrected chi connectivity index (χ2v) is 12.2. The molecule has 2 aliphatic carbocycles. The Morgan fingerprint density at radius 1 is 1.03 bits per heavy atom. The zero-order valence-electron chi connectivity index (χ0n) is 23.4. The zero-order valence-corrected chi connectivity index (χ0v) is 24.2. The summed E-state index contributed by atoms with van der Waals surface area (Å²) in [6.45, 7) is 4.14. The first-order valence-electron chi connectivity index (χ1n) is 15.1. The van der Waals surface area contributed by atoms with E-state index in [1.807, 2.05) is 52.0 Å². The van der Waals surface area contributed by atoms with E-state index in [-0.39, 0.29) is 36.5 Å². The summed E-state index contributed by atoms with van der Waals surface area (Å²) in [5.41, 5.74) is 0.929. The smallest absolute Gasteiger partial charge is 0.329 e. The van der Waals surface area contributed by atoms with Crippen molar-refractivity contribution >= 4 is 35.1 Å². The first-order chi connectivity index (χ1) is 18.9. The van der Waals surface area contributed by atoms with Crippen LogP contribution in [-0.4, -0.2) is 67.8 Å². The molecule has 0 N–H and O–H groups in total. The molecule has 2 aliphatic heterocycles. The monoisotopic (exact) mass is 553 g/mol. The number of likely N-dealkylation sites (tertiary alicyclic amines) is 1. The first kappa shape index (κ1) is 28.1. The standard InChI is InChI=1S/C31H43N3O4S/c1-3-12-26-29(36)33(24-16-8-5-9-17-24)31(39)32(26)21(2)28(35)34-25-18-11-10-15-23(25)19-27(34)30(37)38-20-22-13-6-4-7-14-22/h4,6-7,13-14,21,23-27H,3,5,8-12,15-20H2,1-2H3/t21-,23-,25-,26?,27-/m0/s1. The van der Waals surface area contributed by atoms with Crippen LogP contribution >= 0.6 is 12.2 Å². The van der Waals surface area contributed by atoms with Crippen molar-refractivity contribution in [1.82, 2.24) is 14.7 Å². The fraction of sp³-hybridized carbons (Fsp3) is 0.677. The van der Waals surface area contributed by atoms with E-state index >= 15 is 0 Å². The molecular formula is C31H43N3O4S. The SMILES string of the molecule is CCCC1C(=O)N(C2CCCCC2)C(=S)N1[C@@H](C)C(=O)N1[C@H](C(=O)OCc2ccccc2)C[C@@H]2CCCC[C@@H]21. The van der Waals surface area contributed by atoms with Gasteiger partial charge in [0, 0.05) is 12.1 Å². The Morgan fingerprint density at radius 3 is 2.44 bits per heavy atom. The molecule has 0 aromatic heterocycles. The largest absolute Gasteiger partial charge is 0.459 e. The summed E-state index contributed by atoms with van der Waals surface area (Å²) in [7, 11) is 0. The molecule has 0 radical (unpaired) electrons. The molecule has 7 nitrogen and oxygen atoms in total. The van der Waals surface area contributed by atoms with Crippen LogP contribution in [0.3, 0.4) is 0 Å².